The number of rotatable bonds is 6. The van der Waals surface area contributed by atoms with Gasteiger partial charge in [-0.15, -0.1) is 24.0 Å². The fourth-order valence-electron chi connectivity index (χ4n) is 3.07. The lowest BCUT2D eigenvalue weighted by Crippen LogP contribution is -2.44. The van der Waals surface area contributed by atoms with Gasteiger partial charge in [0.1, 0.15) is 5.82 Å². The number of nitrogens with zero attached hydrogens (tertiary/aromatic N) is 2. The predicted molar refractivity (Wildman–Crippen MR) is 110 cm³/mol. The van der Waals surface area contributed by atoms with Gasteiger partial charge in [0.2, 0.25) is 0 Å². The summed E-state index contributed by atoms with van der Waals surface area (Å²) in [7, 11) is 0. The van der Waals surface area contributed by atoms with Crippen LogP contribution < -0.4 is 10.6 Å². The monoisotopic (exact) mass is 448 g/mol. The number of hydrogen-bond acceptors (Lipinski definition) is 2. The van der Waals surface area contributed by atoms with Crippen molar-refractivity contribution in [1.29, 1.82) is 0 Å². The fourth-order valence-corrected chi connectivity index (χ4v) is 3.07. The zero-order valence-electron chi connectivity index (χ0n) is 14.9. The molecule has 0 amide bonds. The molecular weight excluding hydrogens is 418 g/mol. The summed E-state index contributed by atoms with van der Waals surface area (Å²) in [6.45, 7) is 10.7. The SMILES string of the molecule is CCNC(=NCc1ccc(F)c(C)c1)NCC1CCCN1CC.I. The van der Waals surface area contributed by atoms with E-state index in [4.69, 9.17) is 0 Å². The first kappa shape index (κ1) is 21.2. The highest BCUT2D eigenvalue weighted by Crippen LogP contribution is 2.15. The van der Waals surface area contributed by atoms with E-state index in [9.17, 15) is 4.39 Å². The van der Waals surface area contributed by atoms with Gasteiger partial charge in [0.05, 0.1) is 6.54 Å². The van der Waals surface area contributed by atoms with Gasteiger partial charge in [0, 0.05) is 19.1 Å². The fraction of sp³-hybridized carbons (Fsp3) is 0.611. The van der Waals surface area contributed by atoms with E-state index in [-0.39, 0.29) is 29.8 Å². The van der Waals surface area contributed by atoms with Crippen molar-refractivity contribution in [1.82, 2.24) is 15.5 Å². The van der Waals surface area contributed by atoms with Crippen LogP contribution in [0.25, 0.3) is 0 Å². The predicted octanol–water partition coefficient (Wildman–Crippen LogP) is 3.29. The van der Waals surface area contributed by atoms with Crippen LogP contribution in [0.1, 0.15) is 37.8 Å². The topological polar surface area (TPSA) is 39.7 Å². The van der Waals surface area contributed by atoms with Crippen LogP contribution in [0.2, 0.25) is 0 Å². The third-order valence-corrected chi connectivity index (χ3v) is 4.40. The van der Waals surface area contributed by atoms with Gasteiger partial charge in [0.25, 0.3) is 0 Å². The van der Waals surface area contributed by atoms with E-state index >= 15 is 0 Å². The molecule has 1 atom stereocenters. The Labute approximate surface area is 162 Å². The molecule has 0 bridgehead atoms. The number of guanidine groups is 1. The molecule has 1 aromatic carbocycles. The Balaban J connectivity index is 0.00000288. The van der Waals surface area contributed by atoms with Crippen LogP contribution in [0.3, 0.4) is 0 Å². The molecule has 0 aromatic heterocycles. The normalized spacial score (nSPS) is 18.3. The Bertz CT molecular complexity index is 536. The molecule has 1 aliphatic heterocycles. The summed E-state index contributed by atoms with van der Waals surface area (Å²) in [6.07, 6.45) is 2.53. The second kappa shape index (κ2) is 10.9. The largest absolute Gasteiger partial charge is 0.357 e. The summed E-state index contributed by atoms with van der Waals surface area (Å²) in [5.74, 6) is 0.668. The minimum absolute atomic E-state index is 0. The first-order valence-electron chi connectivity index (χ1n) is 8.65. The molecule has 1 unspecified atom stereocenters. The second-order valence-electron chi connectivity index (χ2n) is 6.08. The third kappa shape index (κ3) is 6.20. The summed E-state index contributed by atoms with van der Waals surface area (Å²) in [4.78, 5) is 7.13. The van der Waals surface area contributed by atoms with Crippen molar-refractivity contribution in [3.8, 4) is 0 Å². The summed E-state index contributed by atoms with van der Waals surface area (Å²) >= 11 is 0. The van der Waals surface area contributed by atoms with Crippen molar-refractivity contribution in [3.05, 3.63) is 35.1 Å². The van der Waals surface area contributed by atoms with Crippen molar-refractivity contribution in [2.24, 2.45) is 4.99 Å². The number of aliphatic imine (C=N–C) groups is 1. The van der Waals surface area contributed by atoms with Crippen LogP contribution >= 0.6 is 24.0 Å². The van der Waals surface area contributed by atoms with Crippen LogP contribution in [-0.2, 0) is 6.54 Å². The van der Waals surface area contributed by atoms with Crippen molar-refractivity contribution >= 4 is 29.9 Å². The number of nitrogens with one attached hydrogen (secondary N) is 2. The van der Waals surface area contributed by atoms with Gasteiger partial charge in [-0.2, -0.15) is 0 Å². The van der Waals surface area contributed by atoms with E-state index in [1.54, 1.807) is 13.0 Å². The number of likely N-dealkylation sites (tertiary alicyclic amines) is 1. The van der Waals surface area contributed by atoms with E-state index in [0.717, 1.165) is 31.2 Å². The molecular formula is C18H30FIN4. The molecule has 4 nitrogen and oxygen atoms in total. The van der Waals surface area contributed by atoms with Crippen molar-refractivity contribution < 1.29 is 4.39 Å². The number of halogens is 2. The van der Waals surface area contributed by atoms with E-state index in [2.05, 4.69) is 34.4 Å². The van der Waals surface area contributed by atoms with Gasteiger partial charge in [-0.3, -0.25) is 4.90 Å². The Kier molecular flexibility index (Phi) is 9.58. The standard InChI is InChI=1S/C18H29FN4.HI/c1-4-20-18(22-13-16-7-6-10-23(16)5-2)21-12-15-8-9-17(19)14(3)11-15;/h8-9,11,16H,4-7,10,12-13H2,1-3H3,(H2,20,21,22);1H. The number of benzene rings is 1. The second-order valence-corrected chi connectivity index (χ2v) is 6.08. The Morgan fingerprint density at radius 1 is 1.33 bits per heavy atom. The molecule has 2 rings (SSSR count). The lowest BCUT2D eigenvalue weighted by Gasteiger charge is -2.24. The Hall–Kier alpha value is -0.890. The first-order chi connectivity index (χ1) is 11.1. The molecule has 6 heteroatoms. The molecule has 1 fully saturated rings. The van der Waals surface area contributed by atoms with Crippen LogP contribution in [0.15, 0.2) is 23.2 Å². The molecule has 1 heterocycles. The molecule has 0 saturated carbocycles. The maximum atomic E-state index is 13.3. The van der Waals surface area contributed by atoms with Gasteiger partial charge in [-0.25, -0.2) is 9.38 Å². The van der Waals surface area contributed by atoms with E-state index in [1.807, 2.05) is 6.07 Å². The van der Waals surface area contributed by atoms with Gasteiger partial charge >= 0.3 is 0 Å². The van der Waals surface area contributed by atoms with Crippen molar-refractivity contribution in [2.75, 3.05) is 26.2 Å². The van der Waals surface area contributed by atoms with Crippen LogP contribution in [-0.4, -0.2) is 43.1 Å². The molecule has 1 saturated heterocycles. The highest BCUT2D eigenvalue weighted by molar-refractivity contribution is 14.0. The molecule has 0 spiro atoms. The summed E-state index contributed by atoms with van der Waals surface area (Å²) < 4.78 is 13.3. The maximum Gasteiger partial charge on any atom is 0.191 e. The maximum absolute atomic E-state index is 13.3. The van der Waals surface area contributed by atoms with E-state index < -0.39 is 0 Å². The number of hydrogen-bond donors (Lipinski definition) is 2. The molecule has 1 aliphatic rings. The Morgan fingerprint density at radius 2 is 2.12 bits per heavy atom. The highest BCUT2D eigenvalue weighted by Gasteiger charge is 2.22. The highest BCUT2D eigenvalue weighted by atomic mass is 127. The zero-order chi connectivity index (χ0) is 16.7. The van der Waals surface area contributed by atoms with Gasteiger partial charge in [-0.1, -0.05) is 19.1 Å². The minimum Gasteiger partial charge on any atom is -0.357 e. The van der Waals surface area contributed by atoms with Gasteiger partial charge < -0.3 is 10.6 Å². The molecule has 0 aliphatic carbocycles. The van der Waals surface area contributed by atoms with Crippen LogP contribution in [0.5, 0.6) is 0 Å². The first-order valence-corrected chi connectivity index (χ1v) is 8.65. The van der Waals surface area contributed by atoms with E-state index in [0.29, 0.717) is 18.2 Å². The quantitative estimate of drug-likeness (QED) is 0.399. The van der Waals surface area contributed by atoms with Gasteiger partial charge in [0.15, 0.2) is 5.96 Å². The van der Waals surface area contributed by atoms with Crippen molar-refractivity contribution in [2.45, 2.75) is 46.2 Å². The van der Waals surface area contributed by atoms with Crippen LogP contribution in [0, 0.1) is 12.7 Å². The molecule has 1 aromatic rings. The van der Waals surface area contributed by atoms with Gasteiger partial charge in [-0.05, 0) is 57.0 Å². The number of likely N-dealkylation sites (N-methyl/N-ethyl adjacent to an activating group) is 1. The summed E-state index contributed by atoms with van der Waals surface area (Å²) in [5, 5.41) is 6.73. The third-order valence-electron chi connectivity index (χ3n) is 4.40. The average molecular weight is 448 g/mol. The smallest absolute Gasteiger partial charge is 0.191 e. The average Bonchev–Trinajstić information content (AvgIpc) is 3.00. The summed E-state index contributed by atoms with van der Waals surface area (Å²) in [6, 6.07) is 5.76. The molecule has 24 heavy (non-hydrogen) atoms. The lowest BCUT2D eigenvalue weighted by molar-refractivity contribution is 0.267. The molecule has 136 valence electrons. The molecule has 0 radical (unpaired) electrons. The number of aryl methyl sites for hydroxylation is 1. The zero-order valence-corrected chi connectivity index (χ0v) is 17.3. The minimum atomic E-state index is -0.163. The Morgan fingerprint density at radius 3 is 2.79 bits per heavy atom. The summed E-state index contributed by atoms with van der Waals surface area (Å²) in [5.41, 5.74) is 1.69. The van der Waals surface area contributed by atoms with E-state index in [1.165, 1.54) is 25.5 Å². The molecule has 2 N–H and O–H groups in total. The van der Waals surface area contributed by atoms with Crippen LogP contribution in [0.4, 0.5) is 4.39 Å². The van der Waals surface area contributed by atoms with Crippen molar-refractivity contribution in [3.63, 3.8) is 0 Å². The lowest BCUT2D eigenvalue weighted by atomic mass is 10.1.